The van der Waals surface area contributed by atoms with E-state index in [1.807, 2.05) is 20.8 Å². The maximum atomic E-state index is 5.68. The van der Waals surface area contributed by atoms with Crippen LogP contribution >= 0.6 is 35.3 Å². The van der Waals surface area contributed by atoms with Gasteiger partial charge >= 0.3 is 0 Å². The molecule has 0 bridgehead atoms. The Morgan fingerprint density at radius 2 is 2.12 bits per heavy atom. The fraction of sp³-hybridized carbons (Fsp3) is 0.600. The van der Waals surface area contributed by atoms with Crippen LogP contribution in [-0.4, -0.2) is 17.0 Å². The lowest BCUT2D eigenvalue weighted by molar-refractivity contribution is 0.723. The molecule has 16 heavy (non-hydrogen) atoms. The van der Waals surface area contributed by atoms with Gasteiger partial charge in [0, 0.05) is 10.9 Å². The average Bonchev–Trinajstić information content (AvgIpc) is 2.42. The number of nitrogens with two attached hydrogens (primary N) is 1. The predicted octanol–water partition coefficient (Wildman–Crippen LogP) is 2.19. The molecule has 0 aromatic carbocycles. The Kier molecular flexibility index (Phi) is 6.89. The van der Waals surface area contributed by atoms with Crippen LogP contribution in [0.1, 0.15) is 29.4 Å². The van der Waals surface area contributed by atoms with Crippen molar-refractivity contribution in [3.8, 4) is 0 Å². The lowest BCUT2D eigenvalue weighted by atomic mass is 10.4. The fourth-order valence-corrected chi connectivity index (χ4v) is 1.96. The number of rotatable bonds is 3. The van der Waals surface area contributed by atoms with Gasteiger partial charge in [-0.25, -0.2) is 9.98 Å². The molecule has 1 aromatic heterocycles. The maximum Gasteiger partial charge on any atom is 0.189 e. The summed E-state index contributed by atoms with van der Waals surface area (Å²) in [5, 5.41) is 4.05. The lowest BCUT2D eigenvalue weighted by Crippen LogP contribution is -2.36. The molecule has 0 aliphatic rings. The second-order valence-corrected chi connectivity index (χ2v) is 5.04. The van der Waals surface area contributed by atoms with Gasteiger partial charge in [-0.1, -0.05) is 0 Å². The molecule has 3 N–H and O–H groups in total. The summed E-state index contributed by atoms with van der Waals surface area (Å²) < 4.78 is 0. The first-order valence-electron chi connectivity index (χ1n) is 4.98. The largest absolute Gasteiger partial charge is 0.370 e. The molecule has 0 aliphatic carbocycles. The van der Waals surface area contributed by atoms with E-state index in [-0.39, 0.29) is 24.0 Å². The summed E-state index contributed by atoms with van der Waals surface area (Å²) >= 11 is 1.67. The molecule has 0 fully saturated rings. The molecule has 1 heterocycles. The number of aryl methyl sites for hydroxylation is 2. The number of halogens is 1. The molecule has 1 rings (SSSR count). The minimum atomic E-state index is 0. The molecule has 0 saturated carbocycles. The van der Waals surface area contributed by atoms with Gasteiger partial charge in [0.1, 0.15) is 5.01 Å². The van der Waals surface area contributed by atoms with Crippen LogP contribution in [-0.2, 0) is 6.54 Å². The van der Waals surface area contributed by atoms with Crippen LogP contribution < -0.4 is 11.1 Å². The molecule has 6 heteroatoms. The molecule has 4 nitrogen and oxygen atoms in total. The van der Waals surface area contributed by atoms with E-state index >= 15 is 0 Å². The van der Waals surface area contributed by atoms with E-state index in [2.05, 4.69) is 22.2 Å². The molecule has 0 unspecified atom stereocenters. The van der Waals surface area contributed by atoms with E-state index in [4.69, 9.17) is 5.73 Å². The SMILES string of the molecule is Cc1nc(CN=C(N)NC(C)C)sc1C.I. The third-order valence-corrected chi connectivity index (χ3v) is 2.95. The highest BCUT2D eigenvalue weighted by Gasteiger charge is 2.02. The van der Waals surface area contributed by atoms with Gasteiger partial charge in [0.2, 0.25) is 0 Å². The van der Waals surface area contributed by atoms with Gasteiger partial charge in [0.15, 0.2) is 5.96 Å². The van der Waals surface area contributed by atoms with Gasteiger partial charge in [-0.2, -0.15) is 0 Å². The summed E-state index contributed by atoms with van der Waals surface area (Å²) in [6.45, 7) is 8.69. The van der Waals surface area contributed by atoms with E-state index < -0.39 is 0 Å². The second-order valence-electron chi connectivity index (χ2n) is 3.75. The normalized spacial score (nSPS) is 11.4. The molecule has 0 spiro atoms. The minimum Gasteiger partial charge on any atom is -0.370 e. The topological polar surface area (TPSA) is 63.3 Å². The van der Waals surface area contributed by atoms with Crippen molar-refractivity contribution in [2.24, 2.45) is 10.7 Å². The number of nitrogens with zero attached hydrogens (tertiary/aromatic N) is 2. The van der Waals surface area contributed by atoms with Crippen molar-refractivity contribution in [2.45, 2.75) is 40.3 Å². The molecule has 0 aliphatic heterocycles. The van der Waals surface area contributed by atoms with Crippen LogP contribution in [0, 0.1) is 13.8 Å². The summed E-state index contributed by atoms with van der Waals surface area (Å²) in [6, 6.07) is 0.313. The number of thiazole rings is 1. The molecular weight excluding hydrogens is 335 g/mol. The zero-order valence-corrected chi connectivity index (χ0v) is 13.2. The zero-order chi connectivity index (χ0) is 11.4. The second kappa shape index (κ2) is 7.05. The first-order valence-corrected chi connectivity index (χ1v) is 5.80. The molecule has 0 amide bonds. The van der Waals surface area contributed by atoms with Crippen LogP contribution in [0.2, 0.25) is 0 Å². The molecule has 0 saturated heterocycles. The zero-order valence-electron chi connectivity index (χ0n) is 10.1. The summed E-state index contributed by atoms with van der Waals surface area (Å²) in [7, 11) is 0. The summed E-state index contributed by atoms with van der Waals surface area (Å²) in [5.41, 5.74) is 6.77. The highest BCUT2D eigenvalue weighted by Crippen LogP contribution is 2.16. The van der Waals surface area contributed by atoms with Crippen LogP contribution in [0.15, 0.2) is 4.99 Å². The van der Waals surface area contributed by atoms with Gasteiger partial charge in [0.25, 0.3) is 0 Å². The monoisotopic (exact) mass is 354 g/mol. The Balaban J connectivity index is 0.00000225. The highest BCUT2D eigenvalue weighted by molar-refractivity contribution is 14.0. The predicted molar refractivity (Wildman–Crippen MR) is 80.6 cm³/mol. The molecule has 92 valence electrons. The maximum absolute atomic E-state index is 5.68. The van der Waals surface area contributed by atoms with Gasteiger partial charge in [0.05, 0.1) is 12.2 Å². The number of aromatic nitrogens is 1. The molecular formula is C10H19IN4S. The lowest BCUT2D eigenvalue weighted by Gasteiger charge is -2.07. The van der Waals surface area contributed by atoms with Crippen molar-refractivity contribution in [2.75, 3.05) is 0 Å². The Morgan fingerprint density at radius 3 is 2.56 bits per heavy atom. The van der Waals surface area contributed by atoms with Crippen molar-refractivity contribution in [1.82, 2.24) is 10.3 Å². The van der Waals surface area contributed by atoms with Crippen LogP contribution in [0.3, 0.4) is 0 Å². The van der Waals surface area contributed by atoms with Gasteiger partial charge in [-0.3, -0.25) is 0 Å². The Bertz CT molecular complexity index is 340. The minimum absolute atomic E-state index is 0. The Morgan fingerprint density at radius 1 is 1.50 bits per heavy atom. The first-order chi connectivity index (χ1) is 6.99. The van der Waals surface area contributed by atoms with Crippen molar-refractivity contribution < 1.29 is 0 Å². The van der Waals surface area contributed by atoms with Crippen molar-refractivity contribution >= 4 is 41.3 Å². The van der Waals surface area contributed by atoms with Gasteiger partial charge in [-0.15, -0.1) is 35.3 Å². The fourth-order valence-electron chi connectivity index (χ4n) is 1.10. The molecule has 1 aromatic rings. The van der Waals surface area contributed by atoms with E-state index in [1.165, 1.54) is 4.88 Å². The average molecular weight is 354 g/mol. The Hall–Kier alpha value is -0.370. The standard InChI is InChI=1S/C10H18N4S.HI/c1-6(2)13-10(11)12-5-9-14-7(3)8(4)15-9;/h6H,5H2,1-4H3,(H3,11,12,13);1H. The third kappa shape index (κ3) is 5.11. The quantitative estimate of drug-likeness (QED) is 0.497. The number of aliphatic imine (C=N–C) groups is 1. The highest BCUT2D eigenvalue weighted by atomic mass is 127. The Labute approximate surface area is 118 Å². The first kappa shape index (κ1) is 15.6. The van der Waals surface area contributed by atoms with Gasteiger partial charge in [-0.05, 0) is 27.7 Å². The summed E-state index contributed by atoms with van der Waals surface area (Å²) in [6.07, 6.45) is 0. The number of nitrogens with one attached hydrogen (secondary N) is 1. The van der Waals surface area contributed by atoms with Crippen LogP contribution in [0.4, 0.5) is 0 Å². The van der Waals surface area contributed by atoms with Crippen LogP contribution in [0.25, 0.3) is 0 Å². The number of hydrogen-bond acceptors (Lipinski definition) is 3. The van der Waals surface area contributed by atoms with E-state index in [1.54, 1.807) is 11.3 Å². The molecule has 0 radical (unpaired) electrons. The summed E-state index contributed by atoms with van der Waals surface area (Å²) in [4.78, 5) is 9.86. The van der Waals surface area contributed by atoms with Crippen molar-refractivity contribution in [3.63, 3.8) is 0 Å². The van der Waals surface area contributed by atoms with Gasteiger partial charge < -0.3 is 11.1 Å². The number of guanidine groups is 1. The van der Waals surface area contributed by atoms with Crippen LogP contribution in [0.5, 0.6) is 0 Å². The van der Waals surface area contributed by atoms with E-state index in [0.29, 0.717) is 18.5 Å². The van der Waals surface area contributed by atoms with Crippen molar-refractivity contribution in [3.05, 3.63) is 15.6 Å². The summed E-state index contributed by atoms with van der Waals surface area (Å²) in [5.74, 6) is 0.482. The smallest absolute Gasteiger partial charge is 0.189 e. The van der Waals surface area contributed by atoms with Crippen molar-refractivity contribution in [1.29, 1.82) is 0 Å². The third-order valence-electron chi connectivity index (χ3n) is 1.89. The number of hydrogen-bond donors (Lipinski definition) is 2. The van der Waals surface area contributed by atoms with E-state index in [9.17, 15) is 0 Å². The van der Waals surface area contributed by atoms with E-state index in [0.717, 1.165) is 10.7 Å². The molecule has 0 atom stereocenters.